The molecule has 144 valence electrons. The van der Waals surface area contributed by atoms with Gasteiger partial charge in [0.1, 0.15) is 0 Å². The smallest absolute Gasteiger partial charge is 0.237 e. The number of thiocarbonyl (C=S) groups is 1. The number of nitrogens with one attached hydrogen (secondary N) is 4. The normalized spacial score (nSPS) is 24.9. The molecule has 0 aromatic rings. The molecule has 0 aromatic carbocycles. The second-order valence-electron chi connectivity index (χ2n) is 6.46. The summed E-state index contributed by atoms with van der Waals surface area (Å²) in [5.74, 6) is 2.37. The minimum absolute atomic E-state index is 0.0422. The van der Waals surface area contributed by atoms with Crippen molar-refractivity contribution < 1.29 is 14.3 Å². The molecule has 0 saturated carbocycles. The van der Waals surface area contributed by atoms with E-state index < -0.39 is 0 Å². The highest BCUT2D eigenvalue weighted by atomic mass is 32.1. The molecule has 2 fully saturated rings. The van der Waals surface area contributed by atoms with Gasteiger partial charge in [-0.15, -0.1) is 6.42 Å². The third-order valence-electron chi connectivity index (χ3n) is 4.64. The Hall–Kier alpha value is -1.89. The molecule has 0 spiro atoms. The van der Waals surface area contributed by atoms with E-state index in [-0.39, 0.29) is 36.5 Å². The first-order valence-electron chi connectivity index (χ1n) is 8.82. The Bertz CT molecular complexity index is 565. The van der Waals surface area contributed by atoms with Crippen LogP contribution in [0.3, 0.4) is 0 Å². The number of carbonyl (C=O) groups excluding carboxylic acids is 2. The molecule has 4 N–H and O–H groups in total. The Morgan fingerprint density at radius 1 is 1.50 bits per heavy atom. The van der Waals surface area contributed by atoms with E-state index in [1.165, 1.54) is 0 Å². The van der Waals surface area contributed by atoms with Gasteiger partial charge in [-0.25, -0.2) is 0 Å². The molecule has 2 rings (SSSR count). The van der Waals surface area contributed by atoms with Crippen molar-refractivity contribution in [2.24, 2.45) is 0 Å². The van der Waals surface area contributed by atoms with Crippen LogP contribution in [0.5, 0.6) is 0 Å². The van der Waals surface area contributed by atoms with Crippen molar-refractivity contribution in [3.05, 3.63) is 0 Å². The number of amides is 2. The van der Waals surface area contributed by atoms with Gasteiger partial charge in [0.15, 0.2) is 5.11 Å². The fourth-order valence-electron chi connectivity index (χ4n) is 3.39. The molecular weight excluding hydrogens is 354 g/mol. The highest BCUT2D eigenvalue weighted by Gasteiger charge is 2.43. The zero-order valence-corrected chi connectivity index (χ0v) is 15.9. The van der Waals surface area contributed by atoms with E-state index in [0.29, 0.717) is 44.1 Å². The summed E-state index contributed by atoms with van der Waals surface area (Å²) in [6, 6.07) is 0.0575. The van der Waals surface area contributed by atoms with Gasteiger partial charge in [0.2, 0.25) is 11.8 Å². The maximum Gasteiger partial charge on any atom is 0.237 e. The molecule has 0 radical (unpaired) electrons. The average molecular weight is 382 g/mol. The predicted molar refractivity (Wildman–Crippen MR) is 102 cm³/mol. The summed E-state index contributed by atoms with van der Waals surface area (Å²) in [6.07, 6.45) is 6.90. The highest BCUT2D eigenvalue weighted by Crippen LogP contribution is 2.25. The number of hydrogen-bond acceptors (Lipinski definition) is 5. The molecule has 0 aromatic heterocycles. The number of ether oxygens (including phenoxy) is 1. The quantitative estimate of drug-likeness (QED) is 0.233. The number of fused-ring (bicyclic) bond motifs is 1. The molecule has 2 aliphatic heterocycles. The van der Waals surface area contributed by atoms with Crippen LogP contribution < -0.4 is 21.3 Å². The van der Waals surface area contributed by atoms with Gasteiger partial charge in [-0.1, -0.05) is 5.92 Å². The van der Waals surface area contributed by atoms with Crippen LogP contribution in [0.4, 0.5) is 0 Å². The number of hydrogen-bond donors (Lipinski definition) is 4. The molecule has 2 heterocycles. The molecule has 2 amide bonds. The van der Waals surface area contributed by atoms with Gasteiger partial charge >= 0.3 is 0 Å². The van der Waals surface area contributed by atoms with Crippen LogP contribution in [0.25, 0.3) is 0 Å². The SMILES string of the molecule is C#CCNC(=O)CC[C@@H]1CNC(=O)[C@@H]2C[C@H](NC(=S)NCCOC)CN12. The molecule has 3 atom stereocenters. The standard InChI is InChI=1S/C17H27N5O3S/c1-3-6-18-15(23)5-4-13-10-20-16(24)14-9-12(11-22(13)14)21-17(26)19-7-8-25-2/h1,12-14H,4-11H2,2H3,(H,18,23)(H,20,24)(H2,19,21,26)/t12-,13+,14-/m0/s1. The van der Waals surface area contributed by atoms with E-state index in [2.05, 4.69) is 32.1 Å². The third-order valence-corrected chi connectivity index (χ3v) is 4.90. The minimum atomic E-state index is -0.179. The Labute approximate surface area is 159 Å². The molecular formula is C17H27N5O3S. The molecule has 0 unspecified atom stereocenters. The topological polar surface area (TPSA) is 94.7 Å². The minimum Gasteiger partial charge on any atom is -0.383 e. The van der Waals surface area contributed by atoms with Crippen molar-refractivity contribution in [3.8, 4) is 12.3 Å². The van der Waals surface area contributed by atoms with Crippen LogP contribution in [-0.4, -0.2) is 79.8 Å². The maximum absolute atomic E-state index is 12.2. The largest absolute Gasteiger partial charge is 0.383 e. The third kappa shape index (κ3) is 5.83. The van der Waals surface area contributed by atoms with Crippen LogP contribution in [0, 0.1) is 12.3 Å². The average Bonchev–Trinajstić information content (AvgIpc) is 3.04. The van der Waals surface area contributed by atoms with E-state index in [9.17, 15) is 9.59 Å². The summed E-state index contributed by atoms with van der Waals surface area (Å²) < 4.78 is 4.98. The number of terminal acetylenes is 1. The fraction of sp³-hybridized carbons (Fsp3) is 0.706. The molecule has 0 bridgehead atoms. The van der Waals surface area contributed by atoms with Gasteiger partial charge < -0.3 is 26.0 Å². The lowest BCUT2D eigenvalue weighted by Crippen LogP contribution is -2.58. The number of nitrogens with zero attached hydrogens (tertiary/aromatic N) is 1. The van der Waals surface area contributed by atoms with Gasteiger partial charge in [0.25, 0.3) is 0 Å². The van der Waals surface area contributed by atoms with Crippen molar-refractivity contribution in [1.82, 2.24) is 26.2 Å². The van der Waals surface area contributed by atoms with Crippen LogP contribution in [-0.2, 0) is 14.3 Å². The summed E-state index contributed by atoms with van der Waals surface area (Å²) in [6.45, 7) is 2.74. The number of methoxy groups -OCH3 is 1. The lowest BCUT2D eigenvalue weighted by molar-refractivity contribution is -0.129. The summed E-state index contributed by atoms with van der Waals surface area (Å²) >= 11 is 5.29. The van der Waals surface area contributed by atoms with Gasteiger partial charge in [-0.2, -0.15) is 0 Å². The monoisotopic (exact) mass is 381 g/mol. The summed E-state index contributed by atoms with van der Waals surface area (Å²) in [4.78, 5) is 26.2. The second-order valence-corrected chi connectivity index (χ2v) is 6.87. The van der Waals surface area contributed by atoms with Gasteiger partial charge in [0, 0.05) is 45.2 Å². The van der Waals surface area contributed by atoms with Gasteiger partial charge in [-0.3, -0.25) is 14.5 Å². The van der Waals surface area contributed by atoms with Gasteiger partial charge in [-0.05, 0) is 25.1 Å². The van der Waals surface area contributed by atoms with Crippen LogP contribution in [0.2, 0.25) is 0 Å². The Morgan fingerprint density at radius 3 is 3.04 bits per heavy atom. The zero-order valence-electron chi connectivity index (χ0n) is 15.0. The van der Waals surface area contributed by atoms with E-state index in [1.54, 1.807) is 7.11 Å². The first-order valence-corrected chi connectivity index (χ1v) is 9.23. The summed E-state index contributed by atoms with van der Waals surface area (Å²) in [5.41, 5.74) is 0. The van der Waals surface area contributed by atoms with Crippen molar-refractivity contribution in [3.63, 3.8) is 0 Å². The van der Waals surface area contributed by atoms with Crippen LogP contribution >= 0.6 is 12.2 Å². The van der Waals surface area contributed by atoms with Crippen LogP contribution in [0.15, 0.2) is 0 Å². The summed E-state index contributed by atoms with van der Waals surface area (Å²) in [7, 11) is 1.64. The first kappa shape index (κ1) is 20.4. The predicted octanol–water partition coefficient (Wildman–Crippen LogP) is -1.43. The summed E-state index contributed by atoms with van der Waals surface area (Å²) in [5, 5.41) is 12.5. The molecule has 2 aliphatic rings. The van der Waals surface area contributed by atoms with Crippen LogP contribution in [0.1, 0.15) is 19.3 Å². The molecule has 26 heavy (non-hydrogen) atoms. The van der Waals surface area contributed by atoms with E-state index in [0.717, 1.165) is 6.54 Å². The second kappa shape index (κ2) is 10.3. The maximum atomic E-state index is 12.2. The Balaban J connectivity index is 1.83. The highest BCUT2D eigenvalue weighted by molar-refractivity contribution is 7.80. The Kier molecular flexibility index (Phi) is 8.09. The molecule has 0 aliphatic carbocycles. The Morgan fingerprint density at radius 2 is 2.31 bits per heavy atom. The molecule has 8 nitrogen and oxygen atoms in total. The van der Waals surface area contributed by atoms with Crippen molar-refractivity contribution in [2.75, 3.05) is 39.9 Å². The fourth-order valence-corrected chi connectivity index (χ4v) is 3.66. The lowest BCUT2D eigenvalue weighted by atomic mass is 10.0. The number of rotatable bonds is 8. The van der Waals surface area contributed by atoms with Crippen molar-refractivity contribution >= 4 is 29.1 Å². The van der Waals surface area contributed by atoms with E-state index >= 15 is 0 Å². The first-order chi connectivity index (χ1) is 12.5. The molecule has 9 heteroatoms. The molecule has 2 saturated heterocycles. The van der Waals surface area contributed by atoms with Crippen molar-refractivity contribution in [2.45, 2.75) is 37.4 Å². The van der Waals surface area contributed by atoms with Crippen molar-refractivity contribution in [1.29, 1.82) is 0 Å². The number of carbonyl (C=O) groups is 2. The van der Waals surface area contributed by atoms with Gasteiger partial charge in [0.05, 0.1) is 19.2 Å². The lowest BCUT2D eigenvalue weighted by Gasteiger charge is -2.37. The zero-order chi connectivity index (χ0) is 18.9. The van der Waals surface area contributed by atoms with E-state index in [4.69, 9.17) is 23.4 Å². The van der Waals surface area contributed by atoms with E-state index in [1.807, 2.05) is 0 Å². The number of piperazine rings is 1.